The average Bonchev–Trinajstić information content (AvgIpc) is 2.41. The van der Waals surface area contributed by atoms with Crippen LogP contribution in [0.4, 0.5) is 4.39 Å². The number of aliphatic hydroxyl groups excluding tert-OH is 1. The van der Waals surface area contributed by atoms with Crippen molar-refractivity contribution in [2.45, 2.75) is 11.0 Å². The van der Waals surface area contributed by atoms with Crippen LogP contribution in [-0.4, -0.2) is 39.3 Å². The smallest absolute Gasteiger partial charge is 0.336 e. The fourth-order valence-electron chi connectivity index (χ4n) is 1.20. The minimum absolute atomic E-state index is 0.330. The quantitative estimate of drug-likeness (QED) is 0.612. The molecule has 0 aliphatic carbocycles. The van der Waals surface area contributed by atoms with Gasteiger partial charge in [0, 0.05) is 6.54 Å². The molecular weight excluding hydrogens is 336 g/mol. The molecule has 0 bridgehead atoms. The van der Waals surface area contributed by atoms with Crippen LogP contribution < -0.4 is 4.72 Å². The van der Waals surface area contributed by atoms with Crippen molar-refractivity contribution in [3.8, 4) is 0 Å². The lowest BCUT2D eigenvalue weighted by Gasteiger charge is -2.12. The van der Waals surface area contributed by atoms with Crippen molar-refractivity contribution in [1.29, 1.82) is 0 Å². The summed E-state index contributed by atoms with van der Waals surface area (Å²) in [6, 6.07) is 2.02. The van der Waals surface area contributed by atoms with Gasteiger partial charge in [0.15, 0.2) is 11.9 Å². The molecular formula is C10H10Cl2FNO5S. The third-order valence-corrected chi connectivity index (χ3v) is 4.47. The Morgan fingerprint density at radius 1 is 1.50 bits per heavy atom. The Morgan fingerprint density at radius 3 is 2.65 bits per heavy atom. The maximum Gasteiger partial charge on any atom is 0.336 e. The molecule has 0 aromatic heterocycles. The summed E-state index contributed by atoms with van der Waals surface area (Å²) in [5.74, 6) is -2.09. The lowest BCUT2D eigenvalue weighted by atomic mass is 10.3. The van der Waals surface area contributed by atoms with Gasteiger partial charge in [0.1, 0.15) is 4.90 Å². The SMILES string of the molecule is COC(=O)C(O)CNS(=O)(=O)c1ccc(Cl)c(F)c1Cl. The number of carbonyl (C=O) groups excluding carboxylic acids is 1. The Bertz CT molecular complexity index is 622. The second kappa shape index (κ2) is 6.68. The van der Waals surface area contributed by atoms with E-state index in [9.17, 15) is 22.7 Å². The fourth-order valence-corrected chi connectivity index (χ4v) is 2.98. The first-order valence-electron chi connectivity index (χ1n) is 5.09. The topological polar surface area (TPSA) is 92.7 Å². The number of sulfonamides is 1. The van der Waals surface area contributed by atoms with E-state index in [0.29, 0.717) is 0 Å². The number of aliphatic hydroxyl groups is 1. The van der Waals surface area contributed by atoms with Crippen LogP contribution in [0.25, 0.3) is 0 Å². The van der Waals surface area contributed by atoms with Gasteiger partial charge in [-0.25, -0.2) is 22.3 Å². The second-order valence-electron chi connectivity index (χ2n) is 3.56. The Balaban J connectivity index is 2.96. The monoisotopic (exact) mass is 345 g/mol. The third-order valence-electron chi connectivity index (χ3n) is 2.23. The predicted octanol–water partition coefficient (Wildman–Crippen LogP) is 0.945. The van der Waals surface area contributed by atoms with E-state index in [1.54, 1.807) is 0 Å². The highest BCUT2D eigenvalue weighted by molar-refractivity contribution is 7.89. The molecule has 0 saturated heterocycles. The van der Waals surface area contributed by atoms with E-state index in [2.05, 4.69) is 4.74 Å². The highest BCUT2D eigenvalue weighted by Crippen LogP contribution is 2.29. The van der Waals surface area contributed by atoms with Crippen LogP contribution in [0.15, 0.2) is 17.0 Å². The number of methoxy groups -OCH3 is 1. The first kappa shape index (κ1) is 17.1. The molecule has 1 rings (SSSR count). The van der Waals surface area contributed by atoms with Crippen LogP contribution in [0.5, 0.6) is 0 Å². The number of hydrogen-bond donors (Lipinski definition) is 2. The first-order chi connectivity index (χ1) is 9.20. The van der Waals surface area contributed by atoms with Crippen LogP contribution in [-0.2, 0) is 19.6 Å². The minimum atomic E-state index is -4.22. The maximum atomic E-state index is 13.4. The van der Waals surface area contributed by atoms with Gasteiger partial charge < -0.3 is 9.84 Å². The Kier molecular flexibility index (Phi) is 5.72. The summed E-state index contributed by atoms with van der Waals surface area (Å²) in [5, 5.41) is 8.25. The standard InChI is InChI=1S/C10H10Cl2FNO5S/c1-19-10(16)6(15)4-14-20(17,18)7-3-2-5(11)9(13)8(7)12/h2-3,6,14-15H,4H2,1H3. The number of benzene rings is 1. The number of hydrogen-bond acceptors (Lipinski definition) is 5. The molecule has 1 aromatic rings. The van der Waals surface area contributed by atoms with Gasteiger partial charge in [-0.3, -0.25) is 0 Å². The van der Waals surface area contributed by atoms with E-state index >= 15 is 0 Å². The van der Waals surface area contributed by atoms with E-state index in [-0.39, 0.29) is 5.02 Å². The molecule has 0 radical (unpaired) electrons. The zero-order valence-corrected chi connectivity index (χ0v) is 12.4. The van der Waals surface area contributed by atoms with Crippen molar-refractivity contribution in [3.63, 3.8) is 0 Å². The van der Waals surface area contributed by atoms with Crippen LogP contribution in [0.2, 0.25) is 10.0 Å². The van der Waals surface area contributed by atoms with Crippen molar-refractivity contribution in [2.24, 2.45) is 0 Å². The van der Waals surface area contributed by atoms with Gasteiger partial charge in [-0.15, -0.1) is 0 Å². The Hall–Kier alpha value is -0.930. The largest absolute Gasteiger partial charge is 0.467 e. The van der Waals surface area contributed by atoms with Gasteiger partial charge in [-0.2, -0.15) is 0 Å². The summed E-state index contributed by atoms with van der Waals surface area (Å²) in [7, 11) is -3.18. The van der Waals surface area contributed by atoms with E-state index in [1.807, 2.05) is 4.72 Å². The van der Waals surface area contributed by atoms with Gasteiger partial charge in [0.25, 0.3) is 0 Å². The molecule has 20 heavy (non-hydrogen) atoms. The van der Waals surface area contributed by atoms with Gasteiger partial charge in [0.2, 0.25) is 10.0 Å². The second-order valence-corrected chi connectivity index (χ2v) is 6.08. The molecule has 2 N–H and O–H groups in total. The Morgan fingerprint density at radius 2 is 2.10 bits per heavy atom. The highest BCUT2D eigenvalue weighted by atomic mass is 35.5. The van der Waals surface area contributed by atoms with Crippen LogP contribution >= 0.6 is 23.2 Å². The lowest BCUT2D eigenvalue weighted by Crippen LogP contribution is -2.37. The van der Waals surface area contributed by atoms with Crippen molar-refractivity contribution in [2.75, 3.05) is 13.7 Å². The van der Waals surface area contributed by atoms with Crippen LogP contribution in [0.3, 0.4) is 0 Å². The molecule has 0 aliphatic heterocycles. The van der Waals surface area contributed by atoms with Gasteiger partial charge in [-0.1, -0.05) is 23.2 Å². The number of nitrogens with one attached hydrogen (secondary N) is 1. The summed E-state index contributed by atoms with van der Waals surface area (Å²) in [4.78, 5) is 10.4. The first-order valence-corrected chi connectivity index (χ1v) is 7.33. The van der Waals surface area contributed by atoms with Crippen LogP contribution in [0, 0.1) is 5.82 Å². The summed E-state index contributed by atoms with van der Waals surface area (Å²) in [5.41, 5.74) is 0. The number of halogens is 3. The zero-order chi connectivity index (χ0) is 15.5. The van der Waals surface area contributed by atoms with E-state index in [4.69, 9.17) is 23.2 Å². The van der Waals surface area contributed by atoms with E-state index < -0.39 is 44.4 Å². The normalized spacial score (nSPS) is 13.1. The molecule has 112 valence electrons. The molecule has 0 spiro atoms. The third kappa shape index (κ3) is 3.80. The van der Waals surface area contributed by atoms with Gasteiger partial charge in [-0.05, 0) is 12.1 Å². The average molecular weight is 346 g/mol. The van der Waals surface area contributed by atoms with Crippen molar-refractivity contribution >= 4 is 39.2 Å². The lowest BCUT2D eigenvalue weighted by molar-refractivity contribution is -0.149. The van der Waals surface area contributed by atoms with E-state index in [0.717, 1.165) is 19.2 Å². The molecule has 6 nitrogen and oxygen atoms in total. The van der Waals surface area contributed by atoms with Gasteiger partial charge in [0.05, 0.1) is 17.2 Å². The molecule has 1 atom stereocenters. The molecule has 0 heterocycles. The minimum Gasteiger partial charge on any atom is -0.467 e. The number of ether oxygens (including phenoxy) is 1. The number of esters is 1. The molecule has 0 fully saturated rings. The highest BCUT2D eigenvalue weighted by Gasteiger charge is 2.24. The maximum absolute atomic E-state index is 13.4. The fraction of sp³-hybridized carbons (Fsp3) is 0.300. The molecule has 0 saturated carbocycles. The van der Waals surface area contributed by atoms with Crippen LogP contribution in [0.1, 0.15) is 0 Å². The molecule has 1 unspecified atom stereocenters. The van der Waals surface area contributed by atoms with E-state index in [1.165, 1.54) is 0 Å². The number of carbonyl (C=O) groups is 1. The summed E-state index contributed by atoms with van der Waals surface area (Å²) in [6.45, 7) is -0.643. The molecule has 10 heteroatoms. The summed E-state index contributed by atoms with van der Waals surface area (Å²) < 4.78 is 43.3. The predicted molar refractivity (Wildman–Crippen MR) is 69.6 cm³/mol. The van der Waals surface area contributed by atoms with Crippen molar-refractivity contribution in [3.05, 3.63) is 28.0 Å². The molecule has 1 aromatic carbocycles. The molecule has 0 amide bonds. The van der Waals surface area contributed by atoms with Crippen molar-refractivity contribution in [1.82, 2.24) is 4.72 Å². The molecule has 0 aliphatic rings. The number of rotatable bonds is 5. The van der Waals surface area contributed by atoms with Crippen molar-refractivity contribution < 1.29 is 27.4 Å². The Labute approximate surface area is 124 Å². The zero-order valence-electron chi connectivity index (χ0n) is 10.1. The van der Waals surface area contributed by atoms with Gasteiger partial charge >= 0.3 is 5.97 Å². The summed E-state index contributed by atoms with van der Waals surface area (Å²) >= 11 is 11.0. The summed E-state index contributed by atoms with van der Waals surface area (Å²) in [6.07, 6.45) is -1.69.